The first-order chi connectivity index (χ1) is 16.3. The molecule has 0 saturated carbocycles. The lowest BCUT2D eigenvalue weighted by atomic mass is 10.0. The van der Waals surface area contributed by atoms with Gasteiger partial charge in [0.2, 0.25) is 16.7 Å². The smallest absolute Gasteiger partial charge is 0.269 e. The largest absolute Gasteiger partial charge is 0.323 e. The van der Waals surface area contributed by atoms with Crippen molar-refractivity contribution in [3.8, 4) is 0 Å². The second-order valence-corrected chi connectivity index (χ2v) is 9.66. The highest BCUT2D eigenvalue weighted by molar-refractivity contribution is 8.02. The third kappa shape index (κ3) is 3.54. The topological polar surface area (TPSA) is 69.7 Å². The Morgan fingerprint density at radius 3 is 2.68 bits per heavy atom. The maximum Gasteiger partial charge on any atom is 0.269 e. The number of hydrogen-bond acceptors (Lipinski definition) is 4. The molecule has 5 rings (SSSR count). The third-order valence-electron chi connectivity index (χ3n) is 5.83. The summed E-state index contributed by atoms with van der Waals surface area (Å²) in [6, 6.07) is 17.9. The van der Waals surface area contributed by atoms with Crippen molar-refractivity contribution in [2.24, 2.45) is 0 Å². The zero-order chi connectivity index (χ0) is 24.0. The number of para-hydroxylation sites is 1. The molecule has 0 aliphatic carbocycles. The van der Waals surface area contributed by atoms with Gasteiger partial charge in [-0.15, -0.1) is 11.8 Å². The monoisotopic (exact) mass is 495 g/mol. The van der Waals surface area contributed by atoms with Gasteiger partial charge in [0.25, 0.3) is 5.91 Å². The van der Waals surface area contributed by atoms with E-state index in [2.05, 4.69) is 5.32 Å². The van der Waals surface area contributed by atoms with Gasteiger partial charge in [-0.05, 0) is 43.3 Å². The van der Waals surface area contributed by atoms with E-state index in [0.717, 1.165) is 5.56 Å². The molecular weight excluding hydrogens is 477 g/mol. The number of nitrogens with zero attached hydrogens (tertiary/aromatic N) is 2. The molecular formula is C25H19ClFN3O3S. The molecule has 0 aromatic heterocycles. The number of carbonyl (C=O) groups is 3. The SMILES string of the molecule is Cc1ccc2c(c1)C1(SCC(=O)N1c1cccc(F)c1)C(=O)N2CC(=O)Nc1ccccc1Cl. The number of anilines is 3. The van der Waals surface area contributed by atoms with Gasteiger partial charge >= 0.3 is 0 Å². The molecule has 3 aromatic carbocycles. The molecule has 1 unspecified atom stereocenters. The molecule has 0 bridgehead atoms. The minimum Gasteiger partial charge on any atom is -0.323 e. The third-order valence-corrected chi connectivity index (χ3v) is 7.54. The minimum atomic E-state index is -1.42. The predicted octanol–water partition coefficient (Wildman–Crippen LogP) is 4.71. The summed E-state index contributed by atoms with van der Waals surface area (Å²) in [7, 11) is 0. The van der Waals surface area contributed by atoms with E-state index >= 15 is 0 Å². The number of carbonyl (C=O) groups excluding carboxylic acids is 3. The van der Waals surface area contributed by atoms with Gasteiger partial charge in [0, 0.05) is 11.3 Å². The van der Waals surface area contributed by atoms with Crippen molar-refractivity contribution in [2.75, 3.05) is 27.4 Å². The van der Waals surface area contributed by atoms with E-state index in [9.17, 15) is 18.8 Å². The van der Waals surface area contributed by atoms with E-state index in [0.29, 0.717) is 22.0 Å². The van der Waals surface area contributed by atoms with Gasteiger partial charge < -0.3 is 5.32 Å². The number of hydrogen-bond donors (Lipinski definition) is 1. The number of halogens is 2. The summed E-state index contributed by atoms with van der Waals surface area (Å²) in [5, 5.41) is 3.12. The molecule has 1 spiro atoms. The number of nitrogens with one attached hydrogen (secondary N) is 1. The number of thioether (sulfide) groups is 1. The highest BCUT2D eigenvalue weighted by atomic mass is 35.5. The molecule has 1 N–H and O–H groups in total. The Balaban J connectivity index is 1.56. The maximum absolute atomic E-state index is 14.1. The number of amides is 3. The molecule has 0 radical (unpaired) electrons. The van der Waals surface area contributed by atoms with Crippen LogP contribution in [0.5, 0.6) is 0 Å². The molecule has 1 atom stereocenters. The molecule has 6 nitrogen and oxygen atoms in total. The van der Waals surface area contributed by atoms with Gasteiger partial charge in [0.15, 0.2) is 0 Å². The van der Waals surface area contributed by atoms with Gasteiger partial charge in [0.1, 0.15) is 12.4 Å². The van der Waals surface area contributed by atoms with E-state index in [-0.39, 0.29) is 23.9 Å². The van der Waals surface area contributed by atoms with Crippen molar-refractivity contribution in [2.45, 2.75) is 11.8 Å². The first-order valence-corrected chi connectivity index (χ1v) is 11.9. The first kappa shape index (κ1) is 22.4. The molecule has 34 heavy (non-hydrogen) atoms. The van der Waals surface area contributed by atoms with Crippen LogP contribution >= 0.6 is 23.4 Å². The van der Waals surface area contributed by atoms with Crippen LogP contribution in [-0.2, 0) is 19.3 Å². The fourth-order valence-electron chi connectivity index (χ4n) is 4.38. The second-order valence-electron chi connectivity index (χ2n) is 8.08. The summed E-state index contributed by atoms with van der Waals surface area (Å²) in [5.41, 5.74) is 2.76. The molecule has 2 heterocycles. The quantitative estimate of drug-likeness (QED) is 0.569. The summed E-state index contributed by atoms with van der Waals surface area (Å²) in [6.45, 7) is 1.62. The summed E-state index contributed by atoms with van der Waals surface area (Å²) in [4.78, 5) is 41.2. The van der Waals surface area contributed by atoms with Gasteiger partial charge in [-0.2, -0.15) is 0 Å². The fourth-order valence-corrected chi connectivity index (χ4v) is 5.92. The van der Waals surface area contributed by atoms with Gasteiger partial charge in [-0.3, -0.25) is 24.2 Å². The van der Waals surface area contributed by atoms with Crippen LogP contribution in [0.1, 0.15) is 11.1 Å². The highest BCUT2D eigenvalue weighted by Gasteiger charge is 2.61. The van der Waals surface area contributed by atoms with Crippen LogP contribution in [0.3, 0.4) is 0 Å². The van der Waals surface area contributed by atoms with E-state index in [1.54, 1.807) is 36.4 Å². The van der Waals surface area contributed by atoms with Crippen LogP contribution in [-0.4, -0.2) is 30.0 Å². The van der Waals surface area contributed by atoms with E-state index in [4.69, 9.17) is 11.6 Å². The molecule has 1 saturated heterocycles. The van der Waals surface area contributed by atoms with Crippen LogP contribution in [0, 0.1) is 12.7 Å². The Bertz CT molecular complexity index is 1350. The molecule has 3 amide bonds. The Morgan fingerprint density at radius 1 is 1.12 bits per heavy atom. The Hall–Kier alpha value is -3.36. The highest BCUT2D eigenvalue weighted by Crippen LogP contribution is 2.55. The molecule has 9 heteroatoms. The lowest BCUT2D eigenvalue weighted by molar-refractivity contribution is -0.124. The fraction of sp³-hybridized carbons (Fsp3) is 0.160. The minimum absolute atomic E-state index is 0.0509. The summed E-state index contributed by atoms with van der Waals surface area (Å²) >= 11 is 7.33. The molecule has 3 aromatic rings. The summed E-state index contributed by atoms with van der Waals surface area (Å²) in [5.74, 6) is -1.63. The van der Waals surface area contributed by atoms with Crippen LogP contribution in [0.2, 0.25) is 5.02 Å². The predicted molar refractivity (Wildman–Crippen MR) is 132 cm³/mol. The second kappa shape index (κ2) is 8.45. The molecule has 172 valence electrons. The number of rotatable bonds is 4. The van der Waals surface area contributed by atoms with Gasteiger partial charge in [0.05, 0.1) is 22.2 Å². The zero-order valence-electron chi connectivity index (χ0n) is 18.0. The van der Waals surface area contributed by atoms with Crippen LogP contribution < -0.4 is 15.1 Å². The standard InChI is InChI=1S/C25H19ClFN3O3S/c1-15-9-10-21-18(11-15)25(30(23(32)14-34-25)17-6-4-5-16(27)12-17)24(33)29(21)13-22(31)28-20-8-3-2-7-19(20)26/h2-12H,13-14H2,1H3,(H,28,31). The van der Waals surface area contributed by atoms with E-state index in [1.165, 1.54) is 39.8 Å². The average molecular weight is 496 g/mol. The van der Waals surface area contributed by atoms with Crippen LogP contribution in [0.25, 0.3) is 0 Å². The van der Waals surface area contributed by atoms with Crippen molar-refractivity contribution < 1.29 is 18.8 Å². The molecule has 2 aliphatic rings. The average Bonchev–Trinajstić information content (AvgIpc) is 3.26. The Kier molecular flexibility index (Phi) is 5.58. The maximum atomic E-state index is 14.1. The Morgan fingerprint density at radius 2 is 1.91 bits per heavy atom. The van der Waals surface area contributed by atoms with E-state index < -0.39 is 22.5 Å². The summed E-state index contributed by atoms with van der Waals surface area (Å²) < 4.78 is 14.1. The first-order valence-electron chi connectivity index (χ1n) is 10.5. The number of aryl methyl sites for hydroxylation is 1. The zero-order valence-corrected chi connectivity index (χ0v) is 19.6. The van der Waals surface area contributed by atoms with Gasteiger partial charge in [-0.25, -0.2) is 4.39 Å². The van der Waals surface area contributed by atoms with Crippen molar-refractivity contribution in [3.05, 3.63) is 88.7 Å². The Labute approximate surface area is 204 Å². The molecule has 1 fully saturated rings. The lowest BCUT2D eigenvalue weighted by Gasteiger charge is -2.33. The van der Waals surface area contributed by atoms with Crippen LogP contribution in [0.4, 0.5) is 21.5 Å². The number of fused-ring (bicyclic) bond motifs is 2. The van der Waals surface area contributed by atoms with Crippen molar-refractivity contribution >= 4 is 58.1 Å². The van der Waals surface area contributed by atoms with Crippen molar-refractivity contribution in [1.82, 2.24) is 0 Å². The number of benzene rings is 3. The van der Waals surface area contributed by atoms with Crippen LogP contribution in [0.15, 0.2) is 66.7 Å². The van der Waals surface area contributed by atoms with Gasteiger partial charge in [-0.1, -0.05) is 47.5 Å². The normalized spacial score (nSPS) is 19.1. The van der Waals surface area contributed by atoms with E-state index in [1.807, 2.05) is 19.1 Å². The van der Waals surface area contributed by atoms with Crippen molar-refractivity contribution in [3.63, 3.8) is 0 Å². The summed E-state index contributed by atoms with van der Waals surface area (Å²) in [6.07, 6.45) is 0. The van der Waals surface area contributed by atoms with Crippen molar-refractivity contribution in [1.29, 1.82) is 0 Å². The lowest BCUT2D eigenvalue weighted by Crippen LogP contribution is -2.51. The molecule has 2 aliphatic heterocycles.